The molecular weight excluding hydrogens is 148 g/mol. The van der Waals surface area contributed by atoms with E-state index in [2.05, 4.69) is 17.9 Å². The lowest BCUT2D eigenvalue weighted by Gasteiger charge is -2.20. The Bertz CT molecular complexity index is 160. The van der Waals surface area contributed by atoms with Gasteiger partial charge in [-0.1, -0.05) is 13.3 Å². The van der Waals surface area contributed by atoms with Crippen LogP contribution in [0, 0.1) is 17.2 Å². The topological polar surface area (TPSA) is 27.0 Å². The van der Waals surface area contributed by atoms with E-state index in [4.69, 9.17) is 5.26 Å². The summed E-state index contributed by atoms with van der Waals surface area (Å²) in [5, 5.41) is 8.46. The van der Waals surface area contributed by atoms with Crippen LogP contribution in [0.3, 0.4) is 0 Å². The van der Waals surface area contributed by atoms with Crippen molar-refractivity contribution in [1.29, 1.82) is 5.26 Å². The van der Waals surface area contributed by atoms with Crippen LogP contribution in [0.2, 0.25) is 0 Å². The van der Waals surface area contributed by atoms with E-state index >= 15 is 0 Å². The van der Waals surface area contributed by atoms with Crippen LogP contribution in [0.1, 0.15) is 32.6 Å². The van der Waals surface area contributed by atoms with Gasteiger partial charge in [-0.2, -0.15) is 5.26 Å². The van der Waals surface area contributed by atoms with Gasteiger partial charge in [-0.15, -0.1) is 0 Å². The van der Waals surface area contributed by atoms with Gasteiger partial charge in [0, 0.05) is 19.5 Å². The van der Waals surface area contributed by atoms with Crippen molar-refractivity contribution >= 4 is 0 Å². The molecule has 0 saturated carbocycles. The van der Waals surface area contributed by atoms with Crippen LogP contribution in [-0.2, 0) is 0 Å². The molecule has 1 atom stereocenters. The van der Waals surface area contributed by atoms with Gasteiger partial charge in [0.05, 0.1) is 6.07 Å². The van der Waals surface area contributed by atoms with Crippen molar-refractivity contribution < 1.29 is 0 Å². The maximum absolute atomic E-state index is 8.46. The number of likely N-dealkylation sites (tertiary alicyclic amines) is 1. The first-order valence-corrected chi connectivity index (χ1v) is 4.92. The zero-order valence-electron chi connectivity index (χ0n) is 7.92. The van der Waals surface area contributed by atoms with Gasteiger partial charge in [0.2, 0.25) is 0 Å². The number of hydrogen-bond acceptors (Lipinski definition) is 2. The molecule has 1 heterocycles. The molecule has 1 rings (SSSR count). The number of rotatable bonds is 2. The van der Waals surface area contributed by atoms with Crippen LogP contribution in [0.4, 0.5) is 0 Å². The normalized spacial score (nSPS) is 26.2. The Morgan fingerprint density at radius 2 is 2.33 bits per heavy atom. The maximum Gasteiger partial charge on any atom is 0.0635 e. The number of nitriles is 1. The first-order valence-electron chi connectivity index (χ1n) is 4.92. The molecule has 12 heavy (non-hydrogen) atoms. The standard InChI is InChI=1S/C10H18N2/c1-10-5-2-3-7-12(9-10)8-4-6-11/h10H,2-5,7-9H2,1H3. The predicted molar refractivity (Wildman–Crippen MR) is 49.7 cm³/mol. The van der Waals surface area contributed by atoms with E-state index in [9.17, 15) is 0 Å². The summed E-state index contributed by atoms with van der Waals surface area (Å²) in [6.07, 6.45) is 4.73. The molecule has 0 spiro atoms. The van der Waals surface area contributed by atoms with Gasteiger partial charge >= 0.3 is 0 Å². The van der Waals surface area contributed by atoms with Crippen molar-refractivity contribution in [3.05, 3.63) is 0 Å². The van der Waals surface area contributed by atoms with Gasteiger partial charge in [-0.05, 0) is 25.3 Å². The summed E-state index contributed by atoms with van der Waals surface area (Å²) in [4.78, 5) is 2.43. The van der Waals surface area contributed by atoms with Crippen molar-refractivity contribution in [2.24, 2.45) is 5.92 Å². The van der Waals surface area contributed by atoms with Gasteiger partial charge in [0.25, 0.3) is 0 Å². The summed E-state index contributed by atoms with van der Waals surface area (Å²) < 4.78 is 0. The summed E-state index contributed by atoms with van der Waals surface area (Å²) in [6, 6.07) is 2.21. The van der Waals surface area contributed by atoms with E-state index < -0.39 is 0 Å². The van der Waals surface area contributed by atoms with E-state index in [1.807, 2.05) is 0 Å². The van der Waals surface area contributed by atoms with E-state index in [0.717, 1.165) is 12.5 Å². The lowest BCUT2D eigenvalue weighted by Crippen LogP contribution is -2.28. The van der Waals surface area contributed by atoms with E-state index in [1.165, 1.54) is 32.4 Å². The van der Waals surface area contributed by atoms with Crippen LogP contribution in [-0.4, -0.2) is 24.5 Å². The molecule has 0 radical (unpaired) electrons. The highest BCUT2D eigenvalue weighted by Crippen LogP contribution is 2.15. The van der Waals surface area contributed by atoms with Crippen LogP contribution in [0.15, 0.2) is 0 Å². The molecule has 0 aliphatic carbocycles. The summed E-state index contributed by atoms with van der Waals surface area (Å²) >= 11 is 0. The van der Waals surface area contributed by atoms with E-state index in [1.54, 1.807) is 0 Å². The molecule has 1 aliphatic rings. The van der Waals surface area contributed by atoms with Gasteiger partial charge in [-0.3, -0.25) is 0 Å². The molecular formula is C10H18N2. The van der Waals surface area contributed by atoms with Crippen LogP contribution in [0.5, 0.6) is 0 Å². The minimum absolute atomic E-state index is 0.687. The lowest BCUT2D eigenvalue weighted by molar-refractivity contribution is 0.262. The zero-order chi connectivity index (χ0) is 8.81. The second kappa shape index (κ2) is 5.16. The first-order chi connectivity index (χ1) is 5.83. The second-order valence-corrected chi connectivity index (χ2v) is 3.81. The highest BCUT2D eigenvalue weighted by Gasteiger charge is 2.13. The fraction of sp³-hybridized carbons (Fsp3) is 0.900. The summed E-state index contributed by atoms with van der Waals surface area (Å²) in [5.41, 5.74) is 0. The summed E-state index contributed by atoms with van der Waals surface area (Å²) in [6.45, 7) is 5.68. The minimum Gasteiger partial charge on any atom is -0.302 e. The maximum atomic E-state index is 8.46. The van der Waals surface area contributed by atoms with Crippen LogP contribution >= 0.6 is 0 Å². The largest absolute Gasteiger partial charge is 0.302 e. The molecule has 1 aliphatic heterocycles. The van der Waals surface area contributed by atoms with Gasteiger partial charge < -0.3 is 4.90 Å². The fourth-order valence-electron chi connectivity index (χ4n) is 1.86. The number of nitrogens with zero attached hydrogens (tertiary/aromatic N) is 2. The predicted octanol–water partition coefficient (Wildman–Crippen LogP) is 2.02. The zero-order valence-corrected chi connectivity index (χ0v) is 7.92. The van der Waals surface area contributed by atoms with Crippen molar-refractivity contribution in [3.8, 4) is 6.07 Å². The van der Waals surface area contributed by atoms with Crippen molar-refractivity contribution in [2.75, 3.05) is 19.6 Å². The monoisotopic (exact) mass is 166 g/mol. The molecule has 1 fully saturated rings. The highest BCUT2D eigenvalue weighted by molar-refractivity contribution is 4.75. The van der Waals surface area contributed by atoms with E-state index in [0.29, 0.717) is 6.42 Å². The van der Waals surface area contributed by atoms with Crippen molar-refractivity contribution in [1.82, 2.24) is 4.90 Å². The molecule has 2 heteroatoms. The molecule has 0 amide bonds. The van der Waals surface area contributed by atoms with Crippen molar-refractivity contribution in [2.45, 2.75) is 32.6 Å². The average Bonchev–Trinajstić information content (AvgIpc) is 2.26. The van der Waals surface area contributed by atoms with Crippen molar-refractivity contribution in [3.63, 3.8) is 0 Å². The highest BCUT2D eigenvalue weighted by atomic mass is 15.1. The molecule has 0 aromatic rings. The third-order valence-electron chi connectivity index (χ3n) is 2.53. The Hall–Kier alpha value is -0.550. The third kappa shape index (κ3) is 3.23. The summed E-state index contributed by atoms with van der Waals surface area (Å²) in [7, 11) is 0. The molecule has 0 aromatic heterocycles. The molecule has 0 bridgehead atoms. The van der Waals surface area contributed by atoms with Crippen LogP contribution < -0.4 is 0 Å². The fourth-order valence-corrected chi connectivity index (χ4v) is 1.86. The quantitative estimate of drug-likeness (QED) is 0.627. The Kier molecular flexibility index (Phi) is 4.10. The molecule has 68 valence electrons. The molecule has 0 N–H and O–H groups in total. The third-order valence-corrected chi connectivity index (χ3v) is 2.53. The Labute approximate surface area is 75.2 Å². The van der Waals surface area contributed by atoms with Gasteiger partial charge in [0.15, 0.2) is 0 Å². The Morgan fingerprint density at radius 1 is 1.50 bits per heavy atom. The second-order valence-electron chi connectivity index (χ2n) is 3.81. The van der Waals surface area contributed by atoms with E-state index in [-0.39, 0.29) is 0 Å². The van der Waals surface area contributed by atoms with Gasteiger partial charge in [-0.25, -0.2) is 0 Å². The molecule has 1 unspecified atom stereocenters. The SMILES string of the molecule is CC1CCCCN(CCC#N)C1. The van der Waals surface area contributed by atoms with Crippen LogP contribution in [0.25, 0.3) is 0 Å². The molecule has 1 saturated heterocycles. The molecule has 0 aromatic carbocycles. The first kappa shape index (κ1) is 9.54. The average molecular weight is 166 g/mol. The number of hydrogen-bond donors (Lipinski definition) is 0. The minimum atomic E-state index is 0.687. The lowest BCUT2D eigenvalue weighted by atomic mass is 10.1. The molecule has 2 nitrogen and oxygen atoms in total. The smallest absolute Gasteiger partial charge is 0.0635 e. The van der Waals surface area contributed by atoms with Gasteiger partial charge in [0.1, 0.15) is 0 Å². The Balaban J connectivity index is 2.27. The Morgan fingerprint density at radius 3 is 3.08 bits per heavy atom. The summed E-state index contributed by atoms with van der Waals surface area (Å²) in [5.74, 6) is 0.825.